The number of para-hydroxylation sites is 1. The van der Waals surface area contributed by atoms with E-state index in [0.717, 1.165) is 16.8 Å². The molecule has 0 radical (unpaired) electrons. The van der Waals surface area contributed by atoms with Gasteiger partial charge in [-0.15, -0.1) is 12.4 Å². The maximum atomic E-state index is 11.9. The van der Waals surface area contributed by atoms with E-state index in [1.807, 2.05) is 54.6 Å². The minimum absolute atomic E-state index is 0. The number of carbonyl (C=O) groups is 1. The Hall–Kier alpha value is -2.13. The molecule has 1 amide bonds. The molecule has 1 atom stereocenters. The second-order valence-electron chi connectivity index (χ2n) is 4.55. The van der Waals surface area contributed by atoms with Crippen LogP contribution in [0.25, 0.3) is 0 Å². The summed E-state index contributed by atoms with van der Waals surface area (Å²) in [4.78, 5) is 18.0. The van der Waals surface area contributed by atoms with Crippen LogP contribution in [-0.2, 0) is 4.79 Å². The number of hydrogen-bond donors (Lipinski definition) is 0. The Morgan fingerprint density at radius 3 is 2.40 bits per heavy atom. The number of halogens is 1. The van der Waals surface area contributed by atoms with E-state index in [0.29, 0.717) is 0 Å². The molecule has 2 aromatic rings. The molecule has 3 rings (SSSR count). The molecule has 1 heterocycles. The topological polar surface area (TPSA) is 32.7 Å². The highest BCUT2D eigenvalue weighted by molar-refractivity contribution is 6.33. The summed E-state index contributed by atoms with van der Waals surface area (Å²) < 4.78 is 0. The summed E-state index contributed by atoms with van der Waals surface area (Å²) >= 11 is 0. The summed E-state index contributed by atoms with van der Waals surface area (Å²) in [5.41, 5.74) is 3.06. The molecule has 4 heteroatoms. The van der Waals surface area contributed by atoms with Crippen molar-refractivity contribution in [3.8, 4) is 0 Å². The quantitative estimate of drug-likeness (QED) is 0.792. The van der Waals surface area contributed by atoms with Gasteiger partial charge in [-0.3, -0.25) is 9.79 Å². The Morgan fingerprint density at radius 2 is 1.65 bits per heavy atom. The Kier molecular flexibility index (Phi) is 4.20. The predicted octanol–water partition coefficient (Wildman–Crippen LogP) is 3.25. The highest BCUT2D eigenvalue weighted by Gasteiger charge is 2.23. The van der Waals surface area contributed by atoms with Crippen molar-refractivity contribution in [3.05, 3.63) is 65.7 Å². The van der Waals surface area contributed by atoms with Crippen LogP contribution in [0.5, 0.6) is 0 Å². The van der Waals surface area contributed by atoms with Crippen LogP contribution < -0.4 is 4.90 Å². The van der Waals surface area contributed by atoms with Crippen molar-refractivity contribution in [2.24, 2.45) is 4.99 Å². The molecule has 1 unspecified atom stereocenters. The van der Waals surface area contributed by atoms with Gasteiger partial charge in [0.25, 0.3) is 5.91 Å². The normalized spacial score (nSPS) is 17.1. The number of benzene rings is 2. The number of amides is 1. The van der Waals surface area contributed by atoms with Crippen LogP contribution in [0.15, 0.2) is 59.6 Å². The van der Waals surface area contributed by atoms with Gasteiger partial charge in [0.2, 0.25) is 0 Å². The SMILES string of the molecule is CN1C(=O)C=NC(c2ccccc2)c2ccccc21.Cl. The third kappa shape index (κ3) is 2.45. The van der Waals surface area contributed by atoms with Gasteiger partial charge in [0.1, 0.15) is 6.04 Å². The van der Waals surface area contributed by atoms with Gasteiger partial charge in [-0.1, -0.05) is 48.5 Å². The van der Waals surface area contributed by atoms with E-state index in [2.05, 4.69) is 4.99 Å². The predicted molar refractivity (Wildman–Crippen MR) is 83.9 cm³/mol. The molecule has 0 aromatic heterocycles. The van der Waals surface area contributed by atoms with E-state index in [1.54, 1.807) is 11.9 Å². The highest BCUT2D eigenvalue weighted by atomic mass is 35.5. The standard InChI is InChI=1S/C16H14N2O.ClH/c1-18-14-10-6-5-9-13(14)16(17-11-15(18)19)12-7-3-2-4-8-12;/h2-11,16H,1H3;1H. The zero-order chi connectivity index (χ0) is 13.2. The first kappa shape index (κ1) is 14.3. The fraction of sp³-hybridized carbons (Fsp3) is 0.125. The minimum atomic E-state index is -0.119. The minimum Gasteiger partial charge on any atom is -0.310 e. The lowest BCUT2D eigenvalue weighted by atomic mass is 9.97. The summed E-state index contributed by atoms with van der Waals surface area (Å²) in [6.45, 7) is 0. The summed E-state index contributed by atoms with van der Waals surface area (Å²) in [7, 11) is 1.78. The molecule has 2 aromatic carbocycles. The van der Waals surface area contributed by atoms with E-state index >= 15 is 0 Å². The van der Waals surface area contributed by atoms with Gasteiger partial charge in [-0.2, -0.15) is 0 Å². The van der Waals surface area contributed by atoms with E-state index in [4.69, 9.17) is 0 Å². The molecular weight excluding hydrogens is 272 g/mol. The molecule has 0 fully saturated rings. The molecule has 0 aliphatic carbocycles. The van der Waals surface area contributed by atoms with E-state index in [-0.39, 0.29) is 24.4 Å². The van der Waals surface area contributed by atoms with Crippen LogP contribution in [0.4, 0.5) is 5.69 Å². The number of anilines is 1. The second-order valence-corrected chi connectivity index (χ2v) is 4.55. The zero-order valence-electron chi connectivity index (χ0n) is 11.1. The molecule has 0 N–H and O–H groups in total. The Labute approximate surface area is 124 Å². The van der Waals surface area contributed by atoms with E-state index < -0.39 is 0 Å². The molecule has 1 aliphatic heterocycles. The molecule has 102 valence electrons. The maximum Gasteiger partial charge on any atom is 0.268 e. The first-order valence-corrected chi connectivity index (χ1v) is 6.22. The van der Waals surface area contributed by atoms with Crippen molar-refractivity contribution in [2.45, 2.75) is 6.04 Å². The van der Waals surface area contributed by atoms with E-state index in [9.17, 15) is 4.79 Å². The van der Waals surface area contributed by atoms with Crippen molar-refractivity contribution in [1.29, 1.82) is 0 Å². The lowest BCUT2D eigenvalue weighted by molar-refractivity contribution is -0.111. The van der Waals surface area contributed by atoms with Gasteiger partial charge in [0, 0.05) is 18.3 Å². The molecule has 1 aliphatic rings. The summed E-state index contributed by atoms with van der Waals surface area (Å²) in [6, 6.07) is 17.8. The lowest BCUT2D eigenvalue weighted by Crippen LogP contribution is -2.26. The summed E-state index contributed by atoms with van der Waals surface area (Å²) in [6.07, 6.45) is 1.41. The van der Waals surface area contributed by atoms with Gasteiger partial charge >= 0.3 is 0 Å². The number of aliphatic imine (C=N–C) groups is 1. The average Bonchev–Trinajstić information content (AvgIpc) is 2.59. The summed E-state index contributed by atoms with van der Waals surface area (Å²) in [5.74, 6) is -0.0918. The van der Waals surface area contributed by atoms with Gasteiger partial charge in [0.15, 0.2) is 0 Å². The summed E-state index contributed by atoms with van der Waals surface area (Å²) in [5, 5.41) is 0. The molecule has 20 heavy (non-hydrogen) atoms. The van der Waals surface area contributed by atoms with E-state index in [1.165, 1.54) is 6.21 Å². The van der Waals surface area contributed by atoms with Crippen molar-refractivity contribution in [1.82, 2.24) is 0 Å². The van der Waals surface area contributed by atoms with Gasteiger partial charge < -0.3 is 4.90 Å². The van der Waals surface area contributed by atoms with Crippen molar-refractivity contribution >= 4 is 30.2 Å². The van der Waals surface area contributed by atoms with Gasteiger partial charge in [0.05, 0.1) is 6.21 Å². The first-order chi connectivity index (χ1) is 9.27. The fourth-order valence-corrected chi connectivity index (χ4v) is 2.35. The van der Waals surface area contributed by atoms with Crippen molar-refractivity contribution < 1.29 is 4.79 Å². The van der Waals surface area contributed by atoms with Gasteiger partial charge in [-0.05, 0) is 11.6 Å². The second kappa shape index (κ2) is 5.88. The number of nitrogens with zero attached hydrogens (tertiary/aromatic N) is 2. The molecular formula is C16H15ClN2O. The molecule has 3 nitrogen and oxygen atoms in total. The number of carbonyl (C=O) groups excluding carboxylic acids is 1. The van der Waals surface area contributed by atoms with Crippen LogP contribution in [0.2, 0.25) is 0 Å². The molecule has 0 saturated heterocycles. The molecule has 0 saturated carbocycles. The van der Waals surface area contributed by atoms with Crippen LogP contribution >= 0.6 is 12.4 Å². The van der Waals surface area contributed by atoms with Crippen molar-refractivity contribution in [2.75, 3.05) is 11.9 Å². The molecule has 0 spiro atoms. The Bertz CT molecular complexity index is 640. The monoisotopic (exact) mass is 286 g/mol. The van der Waals surface area contributed by atoms with Crippen LogP contribution in [0, 0.1) is 0 Å². The highest BCUT2D eigenvalue weighted by Crippen LogP contribution is 2.34. The van der Waals surface area contributed by atoms with Crippen molar-refractivity contribution in [3.63, 3.8) is 0 Å². The number of hydrogen-bond acceptors (Lipinski definition) is 2. The third-order valence-electron chi connectivity index (χ3n) is 3.37. The Balaban J connectivity index is 0.00000147. The first-order valence-electron chi connectivity index (χ1n) is 6.22. The maximum absolute atomic E-state index is 11.9. The largest absolute Gasteiger partial charge is 0.310 e. The Morgan fingerprint density at radius 1 is 1.00 bits per heavy atom. The third-order valence-corrected chi connectivity index (χ3v) is 3.37. The fourth-order valence-electron chi connectivity index (χ4n) is 2.35. The van der Waals surface area contributed by atoms with Crippen LogP contribution in [0.1, 0.15) is 17.2 Å². The lowest BCUT2D eigenvalue weighted by Gasteiger charge is -2.19. The van der Waals surface area contributed by atoms with Gasteiger partial charge in [-0.25, -0.2) is 0 Å². The van der Waals surface area contributed by atoms with Crippen LogP contribution in [0.3, 0.4) is 0 Å². The smallest absolute Gasteiger partial charge is 0.268 e. The van der Waals surface area contributed by atoms with Crippen LogP contribution in [-0.4, -0.2) is 19.2 Å². The zero-order valence-corrected chi connectivity index (χ0v) is 11.9. The average molecular weight is 287 g/mol. The number of fused-ring (bicyclic) bond motifs is 1. The number of rotatable bonds is 1. The molecule has 0 bridgehead atoms.